The van der Waals surface area contributed by atoms with E-state index in [-0.39, 0.29) is 0 Å². The zero-order chi connectivity index (χ0) is 16.3. The lowest BCUT2D eigenvalue weighted by molar-refractivity contribution is 0.392. The predicted octanol–water partition coefficient (Wildman–Crippen LogP) is 8.31. The van der Waals surface area contributed by atoms with E-state index in [9.17, 15) is 0 Å². The molecule has 0 heterocycles. The van der Waals surface area contributed by atoms with Crippen molar-refractivity contribution in [1.82, 2.24) is 0 Å². The first-order valence-electron chi connectivity index (χ1n) is 10.4. The van der Waals surface area contributed by atoms with E-state index in [4.69, 9.17) is 0 Å². The average Bonchev–Trinajstić information content (AvgIpc) is 2.54. The molecule has 0 aromatic rings. The van der Waals surface area contributed by atoms with E-state index in [0.717, 1.165) is 18.8 Å². The van der Waals surface area contributed by atoms with E-state index in [1.807, 2.05) is 0 Å². The molecule has 0 saturated heterocycles. The summed E-state index contributed by atoms with van der Waals surface area (Å²) >= 11 is 0. The number of hydrogen-bond acceptors (Lipinski definition) is 0. The van der Waals surface area contributed by atoms with Crippen molar-refractivity contribution < 1.29 is 0 Å². The van der Waals surface area contributed by atoms with Crippen LogP contribution < -0.4 is 0 Å². The van der Waals surface area contributed by atoms with Crippen LogP contribution in [0.2, 0.25) is 0 Å². The SMILES string of the molecule is [CH2]CCCCCCCCCC(CC)CCCCCCCC[CH2]. The lowest BCUT2D eigenvalue weighted by Crippen LogP contribution is -1.99. The van der Waals surface area contributed by atoms with Gasteiger partial charge in [0.1, 0.15) is 0 Å². The largest absolute Gasteiger partial charge is 0.0651 e. The maximum Gasteiger partial charge on any atom is -0.0417 e. The first-order valence-corrected chi connectivity index (χ1v) is 10.4. The van der Waals surface area contributed by atoms with Gasteiger partial charge in [-0.25, -0.2) is 0 Å². The second kappa shape index (κ2) is 19.0. The summed E-state index contributed by atoms with van der Waals surface area (Å²) in [4.78, 5) is 0. The fourth-order valence-corrected chi connectivity index (χ4v) is 3.36. The molecule has 0 aromatic carbocycles. The maximum absolute atomic E-state index is 3.91. The normalized spacial score (nSPS) is 12.7. The molecule has 0 aliphatic heterocycles. The van der Waals surface area contributed by atoms with Crippen molar-refractivity contribution in [2.24, 2.45) is 5.92 Å². The Morgan fingerprint density at radius 3 is 1.14 bits per heavy atom. The van der Waals surface area contributed by atoms with Gasteiger partial charge in [0.15, 0.2) is 0 Å². The summed E-state index contributed by atoms with van der Waals surface area (Å²) in [7, 11) is 0. The van der Waals surface area contributed by atoms with Crippen LogP contribution in [0.1, 0.15) is 122 Å². The molecule has 0 heteroatoms. The molecule has 0 spiro atoms. The monoisotopic (exact) mass is 308 g/mol. The Morgan fingerprint density at radius 2 is 0.818 bits per heavy atom. The molecule has 132 valence electrons. The maximum atomic E-state index is 3.91. The molecule has 0 aromatic heterocycles. The lowest BCUT2D eigenvalue weighted by Gasteiger charge is -2.14. The van der Waals surface area contributed by atoms with Crippen molar-refractivity contribution in [3.05, 3.63) is 13.8 Å². The van der Waals surface area contributed by atoms with Crippen LogP contribution >= 0.6 is 0 Å². The molecular formula is C22H44. The third-order valence-corrected chi connectivity index (χ3v) is 5.05. The van der Waals surface area contributed by atoms with Crippen molar-refractivity contribution in [2.45, 2.75) is 122 Å². The van der Waals surface area contributed by atoms with Gasteiger partial charge in [-0.05, 0) is 5.92 Å². The highest BCUT2D eigenvalue weighted by Gasteiger charge is 2.05. The Labute approximate surface area is 142 Å². The number of hydrogen-bond donors (Lipinski definition) is 0. The van der Waals surface area contributed by atoms with Crippen LogP contribution in [0.4, 0.5) is 0 Å². The second-order valence-corrected chi connectivity index (χ2v) is 7.15. The fraction of sp³-hybridized carbons (Fsp3) is 0.909. The Kier molecular flexibility index (Phi) is 19.0. The van der Waals surface area contributed by atoms with E-state index in [1.165, 1.54) is 103 Å². The van der Waals surface area contributed by atoms with Crippen LogP contribution in [0.3, 0.4) is 0 Å². The minimum Gasteiger partial charge on any atom is -0.0651 e. The molecule has 0 rings (SSSR count). The first kappa shape index (κ1) is 22.0. The van der Waals surface area contributed by atoms with E-state index < -0.39 is 0 Å². The summed E-state index contributed by atoms with van der Waals surface area (Å²) in [5.74, 6) is 1.01. The standard InChI is InChI=1S/C22H44/c1-4-7-9-11-13-15-17-19-21-22(6-3)20-18-16-14-12-10-8-5-2/h22H,1-2,4-21H2,3H3. The summed E-state index contributed by atoms with van der Waals surface area (Å²) in [5.41, 5.74) is 0. The van der Waals surface area contributed by atoms with Crippen molar-refractivity contribution in [1.29, 1.82) is 0 Å². The van der Waals surface area contributed by atoms with Crippen molar-refractivity contribution >= 4 is 0 Å². The molecule has 0 amide bonds. The van der Waals surface area contributed by atoms with Crippen molar-refractivity contribution in [3.8, 4) is 0 Å². The molecule has 0 fully saturated rings. The molecular weight excluding hydrogens is 264 g/mol. The van der Waals surface area contributed by atoms with Crippen molar-refractivity contribution in [2.75, 3.05) is 0 Å². The van der Waals surface area contributed by atoms with Crippen molar-refractivity contribution in [3.63, 3.8) is 0 Å². The van der Waals surface area contributed by atoms with Crippen LogP contribution in [-0.4, -0.2) is 0 Å². The van der Waals surface area contributed by atoms with Crippen LogP contribution in [0.15, 0.2) is 0 Å². The molecule has 0 nitrogen and oxygen atoms in total. The quantitative estimate of drug-likeness (QED) is 0.223. The minimum absolute atomic E-state index is 1.01. The molecule has 1 unspecified atom stereocenters. The Bertz CT molecular complexity index is 184. The summed E-state index contributed by atoms with van der Waals surface area (Å²) < 4.78 is 0. The predicted molar refractivity (Wildman–Crippen MR) is 103 cm³/mol. The van der Waals surface area contributed by atoms with Crippen LogP contribution in [0.5, 0.6) is 0 Å². The number of unbranched alkanes of at least 4 members (excludes halogenated alkanes) is 13. The Morgan fingerprint density at radius 1 is 0.500 bits per heavy atom. The van der Waals surface area contributed by atoms with Gasteiger partial charge in [0.25, 0.3) is 0 Å². The zero-order valence-electron chi connectivity index (χ0n) is 15.7. The summed E-state index contributed by atoms with van der Waals surface area (Å²) in [5, 5.41) is 0. The van der Waals surface area contributed by atoms with Crippen LogP contribution in [-0.2, 0) is 0 Å². The molecule has 0 N–H and O–H groups in total. The Hall–Kier alpha value is 0. The van der Waals surface area contributed by atoms with Gasteiger partial charge >= 0.3 is 0 Å². The highest BCUT2D eigenvalue weighted by atomic mass is 14.1. The molecule has 2 radical (unpaired) electrons. The third-order valence-electron chi connectivity index (χ3n) is 5.05. The topological polar surface area (TPSA) is 0 Å². The molecule has 0 bridgehead atoms. The van der Waals surface area contributed by atoms with E-state index in [1.54, 1.807) is 0 Å². The van der Waals surface area contributed by atoms with E-state index >= 15 is 0 Å². The summed E-state index contributed by atoms with van der Waals surface area (Å²) in [6.45, 7) is 10.2. The smallest absolute Gasteiger partial charge is 0.0417 e. The van der Waals surface area contributed by atoms with Gasteiger partial charge in [-0.15, -0.1) is 0 Å². The minimum atomic E-state index is 1.01. The van der Waals surface area contributed by atoms with Gasteiger partial charge < -0.3 is 0 Å². The highest BCUT2D eigenvalue weighted by molar-refractivity contribution is 4.59. The second-order valence-electron chi connectivity index (χ2n) is 7.15. The van der Waals surface area contributed by atoms with E-state index in [0.29, 0.717) is 0 Å². The first-order chi connectivity index (χ1) is 10.8. The van der Waals surface area contributed by atoms with E-state index in [2.05, 4.69) is 20.8 Å². The Balaban J connectivity index is 3.29. The summed E-state index contributed by atoms with van der Waals surface area (Å²) in [6, 6.07) is 0. The summed E-state index contributed by atoms with van der Waals surface area (Å²) in [6.07, 6.45) is 25.1. The van der Waals surface area contributed by atoms with Crippen LogP contribution in [0.25, 0.3) is 0 Å². The van der Waals surface area contributed by atoms with Gasteiger partial charge in [-0.1, -0.05) is 136 Å². The molecule has 0 aliphatic carbocycles. The molecule has 0 saturated carbocycles. The fourth-order valence-electron chi connectivity index (χ4n) is 3.36. The van der Waals surface area contributed by atoms with Gasteiger partial charge in [-0.2, -0.15) is 0 Å². The van der Waals surface area contributed by atoms with Gasteiger partial charge in [0.05, 0.1) is 0 Å². The molecule has 22 heavy (non-hydrogen) atoms. The molecule has 1 atom stereocenters. The molecule has 0 aliphatic rings. The van der Waals surface area contributed by atoms with Crippen LogP contribution in [0, 0.1) is 19.8 Å². The highest BCUT2D eigenvalue weighted by Crippen LogP contribution is 2.21. The lowest BCUT2D eigenvalue weighted by atomic mass is 9.92. The van der Waals surface area contributed by atoms with Gasteiger partial charge in [0, 0.05) is 0 Å². The van der Waals surface area contributed by atoms with Gasteiger partial charge in [-0.3, -0.25) is 0 Å². The third kappa shape index (κ3) is 16.4. The number of rotatable bonds is 18. The van der Waals surface area contributed by atoms with Gasteiger partial charge in [0.2, 0.25) is 0 Å². The average molecular weight is 309 g/mol. The zero-order valence-corrected chi connectivity index (χ0v) is 15.7.